The lowest BCUT2D eigenvalue weighted by Gasteiger charge is -2.00. The molecule has 0 saturated carbocycles. The highest BCUT2D eigenvalue weighted by atomic mass is 32.1. The van der Waals surface area contributed by atoms with Crippen LogP contribution in [0, 0.1) is 12.7 Å². The Hall–Kier alpha value is -0.700. The molecule has 1 nitrogen and oxygen atoms in total. The van der Waals surface area contributed by atoms with Crippen molar-refractivity contribution >= 4 is 12.6 Å². The van der Waals surface area contributed by atoms with Gasteiger partial charge in [-0.1, -0.05) is 0 Å². The van der Waals surface area contributed by atoms with Crippen LogP contribution in [0.3, 0.4) is 0 Å². The summed E-state index contributed by atoms with van der Waals surface area (Å²) in [5, 5.41) is 8.96. The number of phenolic OH excluding ortho intramolecular Hbond substituents is 1. The maximum Gasteiger partial charge on any atom is 0.132 e. The van der Waals surface area contributed by atoms with Gasteiger partial charge in [0.1, 0.15) is 11.6 Å². The van der Waals surface area contributed by atoms with E-state index in [4.69, 9.17) is 5.11 Å². The highest BCUT2D eigenvalue weighted by molar-refractivity contribution is 7.80. The van der Waals surface area contributed by atoms with Crippen LogP contribution in [-0.2, 0) is 0 Å². The molecule has 0 fully saturated rings. The van der Waals surface area contributed by atoms with Gasteiger partial charge in [-0.2, -0.15) is 0 Å². The minimum Gasteiger partial charge on any atom is -0.507 e. The van der Waals surface area contributed by atoms with Gasteiger partial charge in [-0.05, 0) is 18.6 Å². The number of hydrogen-bond donors (Lipinski definition) is 2. The predicted octanol–water partition coefficient (Wildman–Crippen LogP) is 2.13. The van der Waals surface area contributed by atoms with E-state index in [-0.39, 0.29) is 5.75 Å². The van der Waals surface area contributed by atoms with Gasteiger partial charge in [0, 0.05) is 11.0 Å². The summed E-state index contributed by atoms with van der Waals surface area (Å²) < 4.78 is 12.4. The fraction of sp³-hybridized carbons (Fsp3) is 0.143. The maximum atomic E-state index is 12.4. The van der Waals surface area contributed by atoms with E-state index in [9.17, 15) is 4.39 Å². The van der Waals surface area contributed by atoms with Crippen molar-refractivity contribution < 1.29 is 9.50 Å². The maximum absolute atomic E-state index is 12.4. The molecular formula is C7H7FOS. The molecule has 1 N–H and O–H groups in total. The highest BCUT2D eigenvalue weighted by Crippen LogP contribution is 2.25. The second kappa shape index (κ2) is 2.50. The summed E-state index contributed by atoms with van der Waals surface area (Å²) in [5.74, 6) is -0.548. The molecule has 0 aliphatic rings. The summed E-state index contributed by atoms with van der Waals surface area (Å²) in [7, 11) is 0. The zero-order valence-corrected chi connectivity index (χ0v) is 6.32. The fourth-order valence-electron chi connectivity index (χ4n) is 0.718. The van der Waals surface area contributed by atoms with Gasteiger partial charge in [0.25, 0.3) is 0 Å². The first kappa shape index (κ1) is 7.41. The molecule has 0 spiro atoms. The first-order valence-corrected chi connectivity index (χ1v) is 3.24. The van der Waals surface area contributed by atoms with Crippen LogP contribution in [0.2, 0.25) is 0 Å². The van der Waals surface area contributed by atoms with E-state index < -0.39 is 5.82 Å². The summed E-state index contributed by atoms with van der Waals surface area (Å²) >= 11 is 3.94. The molecule has 0 aromatic heterocycles. The van der Waals surface area contributed by atoms with Gasteiger partial charge in [-0.25, -0.2) is 4.39 Å². The Morgan fingerprint density at radius 3 is 2.60 bits per heavy atom. The lowest BCUT2D eigenvalue weighted by Crippen LogP contribution is -1.80. The quantitative estimate of drug-likeness (QED) is 0.554. The Labute approximate surface area is 63.9 Å². The van der Waals surface area contributed by atoms with Crippen molar-refractivity contribution in [3.05, 3.63) is 23.5 Å². The van der Waals surface area contributed by atoms with E-state index in [0.717, 1.165) is 6.07 Å². The SMILES string of the molecule is Cc1cc(F)cc(O)c1S. The van der Waals surface area contributed by atoms with Gasteiger partial charge in [0.05, 0.1) is 0 Å². The predicted molar refractivity (Wildman–Crippen MR) is 40.1 cm³/mol. The van der Waals surface area contributed by atoms with Gasteiger partial charge < -0.3 is 5.11 Å². The smallest absolute Gasteiger partial charge is 0.132 e. The van der Waals surface area contributed by atoms with Crippen molar-refractivity contribution in [1.29, 1.82) is 0 Å². The Balaban J connectivity index is 3.31. The van der Waals surface area contributed by atoms with Gasteiger partial charge in [0.15, 0.2) is 0 Å². The van der Waals surface area contributed by atoms with Crippen LogP contribution < -0.4 is 0 Å². The van der Waals surface area contributed by atoms with Crippen molar-refractivity contribution in [3.63, 3.8) is 0 Å². The Kier molecular flexibility index (Phi) is 1.85. The number of benzene rings is 1. The number of thiol groups is 1. The molecule has 0 bridgehead atoms. The van der Waals surface area contributed by atoms with Gasteiger partial charge in [-0.15, -0.1) is 12.6 Å². The molecule has 0 unspecified atom stereocenters. The van der Waals surface area contributed by atoms with Crippen LogP contribution in [-0.4, -0.2) is 5.11 Å². The Morgan fingerprint density at radius 1 is 1.50 bits per heavy atom. The molecule has 0 amide bonds. The summed E-state index contributed by atoms with van der Waals surface area (Å²) in [4.78, 5) is 0.432. The van der Waals surface area contributed by atoms with Gasteiger partial charge in [0.2, 0.25) is 0 Å². The van der Waals surface area contributed by atoms with E-state index in [0.29, 0.717) is 10.5 Å². The topological polar surface area (TPSA) is 20.2 Å². The number of rotatable bonds is 0. The van der Waals surface area contributed by atoms with E-state index in [1.165, 1.54) is 6.07 Å². The number of aromatic hydroxyl groups is 1. The van der Waals surface area contributed by atoms with E-state index in [1.807, 2.05) is 0 Å². The van der Waals surface area contributed by atoms with Gasteiger partial charge >= 0.3 is 0 Å². The normalized spacial score (nSPS) is 9.90. The van der Waals surface area contributed by atoms with Crippen LogP contribution in [0.15, 0.2) is 17.0 Å². The summed E-state index contributed by atoms with van der Waals surface area (Å²) in [6, 6.07) is 2.36. The van der Waals surface area contributed by atoms with Crippen LogP contribution in [0.5, 0.6) is 5.75 Å². The molecule has 0 aliphatic heterocycles. The second-order valence-electron chi connectivity index (χ2n) is 2.09. The van der Waals surface area contributed by atoms with Crippen LogP contribution in [0.1, 0.15) is 5.56 Å². The molecule has 10 heavy (non-hydrogen) atoms. The molecule has 1 aromatic rings. The monoisotopic (exact) mass is 158 g/mol. The Morgan fingerprint density at radius 2 is 2.10 bits per heavy atom. The van der Waals surface area contributed by atoms with E-state index >= 15 is 0 Å². The molecule has 0 aliphatic carbocycles. The minimum atomic E-state index is -0.437. The fourth-order valence-corrected chi connectivity index (χ4v) is 0.847. The molecule has 1 aromatic carbocycles. The first-order valence-electron chi connectivity index (χ1n) is 2.79. The summed E-state index contributed by atoms with van der Waals surface area (Å²) in [6.07, 6.45) is 0. The molecule has 1 rings (SSSR count). The molecule has 54 valence electrons. The van der Waals surface area contributed by atoms with Crippen LogP contribution in [0.4, 0.5) is 4.39 Å². The van der Waals surface area contributed by atoms with E-state index in [1.54, 1.807) is 6.92 Å². The average molecular weight is 158 g/mol. The van der Waals surface area contributed by atoms with E-state index in [2.05, 4.69) is 12.6 Å². The summed E-state index contributed by atoms with van der Waals surface area (Å²) in [5.41, 5.74) is 0.640. The molecule has 0 radical (unpaired) electrons. The average Bonchev–Trinajstić information content (AvgIpc) is 1.82. The summed E-state index contributed by atoms with van der Waals surface area (Å²) in [6.45, 7) is 1.69. The van der Waals surface area contributed by atoms with Crippen molar-refractivity contribution in [1.82, 2.24) is 0 Å². The molecule has 0 saturated heterocycles. The molecule has 0 atom stereocenters. The minimum absolute atomic E-state index is 0.110. The highest BCUT2D eigenvalue weighted by Gasteiger charge is 2.01. The van der Waals surface area contributed by atoms with Crippen molar-refractivity contribution in [2.45, 2.75) is 11.8 Å². The number of hydrogen-bond acceptors (Lipinski definition) is 2. The Bertz CT molecular complexity index is 237. The third-order valence-electron chi connectivity index (χ3n) is 1.25. The zero-order chi connectivity index (χ0) is 7.72. The lowest BCUT2D eigenvalue weighted by molar-refractivity contribution is 0.455. The van der Waals surface area contributed by atoms with Crippen LogP contribution in [0.25, 0.3) is 0 Å². The third-order valence-corrected chi connectivity index (χ3v) is 1.83. The molecule has 3 heteroatoms. The first-order chi connectivity index (χ1) is 4.61. The van der Waals surface area contributed by atoms with Crippen molar-refractivity contribution in [2.75, 3.05) is 0 Å². The van der Waals surface area contributed by atoms with Crippen molar-refractivity contribution in [2.24, 2.45) is 0 Å². The van der Waals surface area contributed by atoms with Gasteiger partial charge in [-0.3, -0.25) is 0 Å². The zero-order valence-electron chi connectivity index (χ0n) is 5.43. The number of halogens is 1. The molecule has 0 heterocycles. The molecular weight excluding hydrogens is 151 g/mol. The second-order valence-corrected chi connectivity index (χ2v) is 2.54. The third kappa shape index (κ3) is 1.24. The standard InChI is InChI=1S/C7H7FOS/c1-4-2-5(8)3-6(9)7(4)10/h2-3,9-10H,1H3. The van der Waals surface area contributed by atoms with Crippen molar-refractivity contribution in [3.8, 4) is 5.75 Å². The van der Waals surface area contributed by atoms with Crippen LogP contribution >= 0.6 is 12.6 Å². The number of aryl methyl sites for hydroxylation is 1. The lowest BCUT2D eigenvalue weighted by atomic mass is 10.2. The number of phenols is 1. The largest absolute Gasteiger partial charge is 0.507 e.